The van der Waals surface area contributed by atoms with Gasteiger partial charge in [-0.1, -0.05) is 104 Å². The SMILES string of the molecule is CCCCOC(=O)C1(c2ccccc2)CCN(CCC(C#N)(c2ccccc2)c2ccccc2)CC1.O=C1CCCN1CCO. The van der Waals surface area contributed by atoms with Crippen LogP contribution in [0.25, 0.3) is 0 Å². The highest BCUT2D eigenvalue weighted by Crippen LogP contribution is 2.39. The van der Waals surface area contributed by atoms with Gasteiger partial charge in [-0.05, 0) is 61.9 Å². The fraction of sp³-hybridized carbons (Fsp3) is 0.447. The molecule has 3 aromatic carbocycles. The Morgan fingerprint density at radius 3 is 1.98 bits per heavy atom. The standard InChI is InChI=1S/C32H36N2O2.C6H11NO2/c1-2-3-25-36-30(35)31(27-13-7-4-8-14-27)19-22-34(23-20-31)24-21-32(26-33,28-15-9-5-10-16-28)29-17-11-6-12-18-29;8-5-4-7-3-1-2-6(7)9/h4-18H,2-3,19-25H2,1H3;8H,1-5H2. The Labute approximate surface area is 268 Å². The van der Waals surface area contributed by atoms with Crippen LogP contribution in [0.3, 0.4) is 0 Å². The van der Waals surface area contributed by atoms with Crippen LogP contribution in [0.5, 0.6) is 0 Å². The maximum absolute atomic E-state index is 13.4. The van der Waals surface area contributed by atoms with Gasteiger partial charge in [-0.25, -0.2) is 0 Å². The first-order valence-corrected chi connectivity index (χ1v) is 16.3. The van der Waals surface area contributed by atoms with Gasteiger partial charge in [0.2, 0.25) is 5.91 Å². The van der Waals surface area contributed by atoms with Gasteiger partial charge in [-0.3, -0.25) is 9.59 Å². The molecule has 0 saturated carbocycles. The lowest BCUT2D eigenvalue weighted by Gasteiger charge is -2.41. The Bertz CT molecular complexity index is 1330. The number of aliphatic hydroxyl groups is 1. The van der Waals surface area contributed by atoms with Crippen molar-refractivity contribution in [1.29, 1.82) is 5.26 Å². The summed E-state index contributed by atoms with van der Waals surface area (Å²) < 4.78 is 5.76. The predicted molar refractivity (Wildman–Crippen MR) is 176 cm³/mol. The summed E-state index contributed by atoms with van der Waals surface area (Å²) >= 11 is 0. The Morgan fingerprint density at radius 1 is 0.911 bits per heavy atom. The van der Waals surface area contributed by atoms with E-state index in [1.807, 2.05) is 54.6 Å². The molecule has 2 aliphatic heterocycles. The number of likely N-dealkylation sites (tertiary alicyclic amines) is 2. The minimum Gasteiger partial charge on any atom is -0.465 e. The van der Waals surface area contributed by atoms with Crippen LogP contribution in [0.1, 0.15) is 68.6 Å². The summed E-state index contributed by atoms with van der Waals surface area (Å²) in [6, 6.07) is 33.0. The molecule has 1 amide bonds. The first kappa shape index (κ1) is 33.9. The third-order valence-corrected chi connectivity index (χ3v) is 9.23. The molecule has 238 valence electrons. The molecule has 2 aliphatic rings. The number of carbonyl (C=O) groups excluding carboxylic acids is 2. The summed E-state index contributed by atoms with van der Waals surface area (Å²) in [5, 5.41) is 18.9. The molecule has 0 atom stereocenters. The second-order valence-electron chi connectivity index (χ2n) is 12.0. The van der Waals surface area contributed by atoms with Crippen LogP contribution < -0.4 is 0 Å². The van der Waals surface area contributed by atoms with Crippen molar-refractivity contribution >= 4 is 11.9 Å². The molecule has 2 heterocycles. The molecular formula is C38H47N3O4. The van der Waals surface area contributed by atoms with Crippen LogP contribution >= 0.6 is 0 Å². The van der Waals surface area contributed by atoms with Gasteiger partial charge in [0.05, 0.1) is 24.7 Å². The zero-order valence-electron chi connectivity index (χ0n) is 26.6. The van der Waals surface area contributed by atoms with Crippen molar-refractivity contribution < 1.29 is 19.4 Å². The van der Waals surface area contributed by atoms with Crippen molar-refractivity contribution in [2.24, 2.45) is 0 Å². The molecule has 0 aromatic heterocycles. The Morgan fingerprint density at radius 2 is 1.49 bits per heavy atom. The van der Waals surface area contributed by atoms with E-state index in [-0.39, 0.29) is 18.5 Å². The average molecular weight is 610 g/mol. The fourth-order valence-electron chi connectivity index (χ4n) is 6.45. The zero-order chi connectivity index (χ0) is 32.0. The summed E-state index contributed by atoms with van der Waals surface area (Å²) in [7, 11) is 0. The summed E-state index contributed by atoms with van der Waals surface area (Å²) in [5.74, 6) is 0.0887. The van der Waals surface area contributed by atoms with Gasteiger partial charge >= 0.3 is 5.97 Å². The number of unbranched alkanes of at least 4 members (excludes halogenated alkanes) is 1. The van der Waals surface area contributed by atoms with Crippen molar-refractivity contribution in [2.45, 2.75) is 62.7 Å². The molecule has 45 heavy (non-hydrogen) atoms. The molecule has 7 nitrogen and oxygen atoms in total. The number of esters is 1. The molecule has 0 aliphatic carbocycles. The number of aliphatic hydroxyl groups excluding tert-OH is 1. The summed E-state index contributed by atoms with van der Waals surface area (Å²) in [6.45, 7) is 6.39. The number of hydrogen-bond acceptors (Lipinski definition) is 6. The van der Waals surface area contributed by atoms with E-state index in [4.69, 9.17) is 9.84 Å². The number of piperidine rings is 1. The van der Waals surface area contributed by atoms with Crippen molar-refractivity contribution in [1.82, 2.24) is 9.80 Å². The van der Waals surface area contributed by atoms with E-state index in [1.165, 1.54) is 0 Å². The Hall–Kier alpha value is -3.99. The molecule has 0 unspecified atom stereocenters. The first-order valence-electron chi connectivity index (χ1n) is 16.3. The molecule has 2 saturated heterocycles. The van der Waals surface area contributed by atoms with E-state index in [1.54, 1.807) is 4.90 Å². The second kappa shape index (κ2) is 16.9. The molecule has 5 rings (SSSR count). The molecule has 2 fully saturated rings. The normalized spacial score (nSPS) is 16.4. The molecule has 0 bridgehead atoms. The second-order valence-corrected chi connectivity index (χ2v) is 12.0. The van der Waals surface area contributed by atoms with E-state index in [2.05, 4.69) is 54.3 Å². The monoisotopic (exact) mass is 609 g/mol. The molecule has 7 heteroatoms. The Balaban J connectivity index is 0.000000440. The molecule has 1 N–H and O–H groups in total. The number of ether oxygens (including phenoxy) is 1. The number of rotatable bonds is 12. The van der Waals surface area contributed by atoms with Gasteiger partial charge in [0.15, 0.2) is 0 Å². The Kier molecular flexibility index (Phi) is 12.7. The van der Waals surface area contributed by atoms with Crippen LogP contribution in [0.4, 0.5) is 0 Å². The van der Waals surface area contributed by atoms with E-state index in [9.17, 15) is 14.9 Å². The van der Waals surface area contributed by atoms with Gasteiger partial charge in [0.25, 0.3) is 0 Å². The smallest absolute Gasteiger partial charge is 0.316 e. The third-order valence-electron chi connectivity index (χ3n) is 9.23. The highest BCUT2D eigenvalue weighted by Gasteiger charge is 2.45. The van der Waals surface area contributed by atoms with Gasteiger partial charge in [-0.2, -0.15) is 5.26 Å². The lowest BCUT2D eigenvalue weighted by atomic mass is 9.71. The number of benzene rings is 3. The number of amides is 1. The van der Waals surface area contributed by atoms with Crippen molar-refractivity contribution in [3.63, 3.8) is 0 Å². The quantitative estimate of drug-likeness (QED) is 0.204. The minimum atomic E-state index is -0.713. The highest BCUT2D eigenvalue weighted by atomic mass is 16.5. The molecule has 0 radical (unpaired) electrons. The largest absolute Gasteiger partial charge is 0.465 e. The number of nitrogens with zero attached hydrogens (tertiary/aromatic N) is 3. The van der Waals surface area contributed by atoms with Crippen LogP contribution in [0.15, 0.2) is 91.0 Å². The molecule has 3 aromatic rings. The number of nitriles is 1. The third kappa shape index (κ3) is 8.39. The van der Waals surface area contributed by atoms with E-state index in [0.717, 1.165) is 75.0 Å². The van der Waals surface area contributed by atoms with Crippen LogP contribution in [-0.4, -0.2) is 72.7 Å². The van der Waals surface area contributed by atoms with Gasteiger partial charge < -0.3 is 19.6 Å². The topological polar surface area (TPSA) is 93.9 Å². The van der Waals surface area contributed by atoms with Gasteiger partial charge in [0, 0.05) is 26.1 Å². The maximum atomic E-state index is 13.4. The van der Waals surface area contributed by atoms with Crippen LogP contribution in [0.2, 0.25) is 0 Å². The van der Waals surface area contributed by atoms with E-state index >= 15 is 0 Å². The van der Waals surface area contributed by atoms with E-state index < -0.39 is 10.8 Å². The number of carbonyl (C=O) groups is 2. The lowest BCUT2D eigenvalue weighted by molar-refractivity contribution is -0.153. The number of β-amino-alcohol motifs (C(OH)–C–C–N with tert-alkyl or cyclic N) is 1. The maximum Gasteiger partial charge on any atom is 0.316 e. The van der Waals surface area contributed by atoms with E-state index in [0.29, 0.717) is 26.0 Å². The molecular weight excluding hydrogens is 562 g/mol. The molecule has 0 spiro atoms. The van der Waals surface area contributed by atoms with Crippen molar-refractivity contribution in [3.05, 3.63) is 108 Å². The van der Waals surface area contributed by atoms with Crippen molar-refractivity contribution in [3.8, 4) is 6.07 Å². The average Bonchev–Trinajstić information content (AvgIpc) is 3.51. The first-order chi connectivity index (χ1) is 22.0. The number of hydrogen-bond donors (Lipinski definition) is 1. The van der Waals surface area contributed by atoms with Gasteiger partial charge in [-0.15, -0.1) is 0 Å². The minimum absolute atomic E-state index is 0.0890. The highest BCUT2D eigenvalue weighted by molar-refractivity contribution is 5.83. The summed E-state index contributed by atoms with van der Waals surface area (Å²) in [4.78, 5) is 28.2. The predicted octanol–water partition coefficient (Wildman–Crippen LogP) is 5.86. The van der Waals surface area contributed by atoms with Crippen LogP contribution in [-0.2, 0) is 25.2 Å². The fourth-order valence-corrected chi connectivity index (χ4v) is 6.45. The zero-order valence-corrected chi connectivity index (χ0v) is 26.6. The summed E-state index contributed by atoms with van der Waals surface area (Å²) in [6.07, 6.45) is 5.65. The lowest BCUT2D eigenvalue weighted by Crippen LogP contribution is -2.49. The summed E-state index contributed by atoms with van der Waals surface area (Å²) in [5.41, 5.74) is 1.78. The van der Waals surface area contributed by atoms with Gasteiger partial charge in [0.1, 0.15) is 5.41 Å². The van der Waals surface area contributed by atoms with Crippen molar-refractivity contribution in [2.75, 3.05) is 45.9 Å². The van der Waals surface area contributed by atoms with Crippen LogP contribution in [0, 0.1) is 11.3 Å².